The Balaban J connectivity index is 1.62. The lowest BCUT2D eigenvalue weighted by atomic mass is 10.1. The molecule has 0 saturated carbocycles. The summed E-state index contributed by atoms with van der Waals surface area (Å²) in [4.78, 5) is 12.5. The van der Waals surface area contributed by atoms with Crippen molar-refractivity contribution in [2.45, 2.75) is 19.4 Å². The zero-order valence-electron chi connectivity index (χ0n) is 14.8. The zero-order valence-corrected chi connectivity index (χ0v) is 14.8. The number of hydrogen-bond acceptors (Lipinski definition) is 7. The van der Waals surface area contributed by atoms with Gasteiger partial charge in [-0.3, -0.25) is 0 Å². The number of nitrogens with zero attached hydrogens (tertiary/aromatic N) is 3. The maximum atomic E-state index is 11.1. The van der Waals surface area contributed by atoms with Crippen LogP contribution in [0.4, 0.5) is 4.79 Å². The summed E-state index contributed by atoms with van der Waals surface area (Å²) in [5.74, 6) is 2.09. The second kappa shape index (κ2) is 8.05. The van der Waals surface area contributed by atoms with Gasteiger partial charge in [0.2, 0.25) is 11.8 Å². The quantitative estimate of drug-likeness (QED) is 0.800. The summed E-state index contributed by atoms with van der Waals surface area (Å²) in [5.41, 5.74) is 0.745. The minimum atomic E-state index is -0.887. The van der Waals surface area contributed by atoms with Gasteiger partial charge in [-0.15, -0.1) is 10.2 Å². The molecule has 140 valence electrons. The number of piperazine rings is 1. The fourth-order valence-corrected chi connectivity index (χ4v) is 2.84. The van der Waals surface area contributed by atoms with Crippen molar-refractivity contribution in [3.63, 3.8) is 0 Å². The number of rotatable bonds is 6. The number of aromatic nitrogens is 2. The molecule has 0 unspecified atom stereocenters. The van der Waals surface area contributed by atoms with Crippen molar-refractivity contribution in [1.29, 1.82) is 0 Å². The smallest absolute Gasteiger partial charge is 0.407 e. The predicted octanol–water partition coefficient (Wildman–Crippen LogP) is 1.77. The number of hydrogen-bond donors (Lipinski definition) is 2. The van der Waals surface area contributed by atoms with E-state index in [2.05, 4.69) is 15.5 Å². The summed E-state index contributed by atoms with van der Waals surface area (Å²) in [7, 11) is 1.58. The lowest BCUT2D eigenvalue weighted by Crippen LogP contribution is -2.52. The molecule has 2 aromatic rings. The van der Waals surface area contributed by atoms with E-state index in [0.717, 1.165) is 5.56 Å². The molecule has 9 nitrogen and oxygen atoms in total. The third-order valence-electron chi connectivity index (χ3n) is 4.19. The van der Waals surface area contributed by atoms with Crippen LogP contribution in [0.5, 0.6) is 11.5 Å². The monoisotopic (exact) mass is 362 g/mol. The highest BCUT2D eigenvalue weighted by molar-refractivity contribution is 5.65. The Hall–Kier alpha value is -2.81. The van der Waals surface area contributed by atoms with Crippen LogP contribution in [-0.2, 0) is 0 Å². The van der Waals surface area contributed by atoms with Gasteiger partial charge in [-0.2, -0.15) is 0 Å². The standard InChI is InChI=1S/C17H22N4O5/c1-11-19-20-16(26-11)12-3-4-14(24-2)15(9-12)25-8-5-13-10-21(17(22)23)7-6-18-13/h3-4,9,13,18H,5-8,10H2,1-2H3,(H,22,23)/t13-/m1/s1. The van der Waals surface area contributed by atoms with Gasteiger partial charge in [0.15, 0.2) is 11.5 Å². The second-order valence-electron chi connectivity index (χ2n) is 6.01. The molecule has 0 bridgehead atoms. The van der Waals surface area contributed by atoms with E-state index >= 15 is 0 Å². The van der Waals surface area contributed by atoms with Gasteiger partial charge in [0.1, 0.15) is 0 Å². The third-order valence-corrected chi connectivity index (χ3v) is 4.19. The first-order valence-corrected chi connectivity index (χ1v) is 8.39. The average molecular weight is 362 g/mol. The Bertz CT molecular complexity index is 763. The molecule has 1 fully saturated rings. The molecular formula is C17H22N4O5. The van der Waals surface area contributed by atoms with Crippen molar-refractivity contribution in [2.24, 2.45) is 0 Å². The Labute approximate surface area is 150 Å². The summed E-state index contributed by atoms with van der Waals surface area (Å²) < 4.78 is 16.7. The summed E-state index contributed by atoms with van der Waals surface area (Å²) in [5, 5.41) is 20.2. The normalized spacial score (nSPS) is 17.2. The molecular weight excluding hydrogens is 340 g/mol. The first kappa shape index (κ1) is 18.0. The van der Waals surface area contributed by atoms with Crippen LogP contribution in [0.15, 0.2) is 22.6 Å². The molecule has 9 heteroatoms. The van der Waals surface area contributed by atoms with Crippen molar-refractivity contribution in [3.8, 4) is 23.0 Å². The number of carbonyl (C=O) groups is 1. The van der Waals surface area contributed by atoms with Crippen molar-refractivity contribution in [3.05, 3.63) is 24.1 Å². The minimum absolute atomic E-state index is 0.0626. The maximum Gasteiger partial charge on any atom is 0.407 e. The van der Waals surface area contributed by atoms with Gasteiger partial charge in [0.25, 0.3) is 0 Å². The highest BCUT2D eigenvalue weighted by atomic mass is 16.5. The number of methoxy groups -OCH3 is 1. The van der Waals surface area contributed by atoms with Crippen LogP contribution in [0.3, 0.4) is 0 Å². The Morgan fingerprint density at radius 1 is 1.42 bits per heavy atom. The summed E-state index contributed by atoms with van der Waals surface area (Å²) in [6, 6.07) is 5.47. The van der Waals surface area contributed by atoms with Crippen LogP contribution in [0.1, 0.15) is 12.3 Å². The van der Waals surface area contributed by atoms with Crippen LogP contribution >= 0.6 is 0 Å². The third kappa shape index (κ3) is 4.23. The molecule has 1 saturated heterocycles. The number of carboxylic acid groups (broad SMARTS) is 1. The van der Waals surface area contributed by atoms with Crippen LogP contribution < -0.4 is 14.8 Å². The molecule has 3 rings (SSSR count). The van der Waals surface area contributed by atoms with Crippen molar-refractivity contribution >= 4 is 6.09 Å². The van der Waals surface area contributed by atoms with Gasteiger partial charge < -0.3 is 29.2 Å². The number of amides is 1. The highest BCUT2D eigenvalue weighted by Gasteiger charge is 2.22. The van der Waals surface area contributed by atoms with Gasteiger partial charge in [0, 0.05) is 38.2 Å². The van der Waals surface area contributed by atoms with Gasteiger partial charge in [-0.25, -0.2) is 4.79 Å². The van der Waals surface area contributed by atoms with E-state index in [1.54, 1.807) is 26.2 Å². The number of aryl methyl sites for hydroxylation is 1. The molecule has 2 N–H and O–H groups in total. The topological polar surface area (TPSA) is 110 Å². The lowest BCUT2D eigenvalue weighted by molar-refractivity contribution is 0.124. The van der Waals surface area contributed by atoms with Crippen LogP contribution in [0, 0.1) is 6.92 Å². The highest BCUT2D eigenvalue weighted by Crippen LogP contribution is 2.32. The Morgan fingerprint density at radius 2 is 2.27 bits per heavy atom. The second-order valence-corrected chi connectivity index (χ2v) is 6.01. The van der Waals surface area contributed by atoms with E-state index in [4.69, 9.17) is 19.0 Å². The lowest BCUT2D eigenvalue weighted by Gasteiger charge is -2.31. The van der Waals surface area contributed by atoms with Gasteiger partial charge in [-0.05, 0) is 24.6 Å². The Morgan fingerprint density at radius 3 is 2.96 bits per heavy atom. The molecule has 0 radical (unpaired) electrons. The molecule has 1 atom stereocenters. The first-order valence-electron chi connectivity index (χ1n) is 8.39. The summed E-state index contributed by atoms with van der Waals surface area (Å²) in [6.07, 6.45) is -0.210. The van der Waals surface area contributed by atoms with E-state index in [0.29, 0.717) is 55.9 Å². The van der Waals surface area contributed by atoms with Gasteiger partial charge in [-0.1, -0.05) is 0 Å². The Kier molecular flexibility index (Phi) is 5.57. The van der Waals surface area contributed by atoms with Crippen LogP contribution in [-0.4, -0.2) is 65.7 Å². The van der Waals surface area contributed by atoms with Crippen molar-refractivity contribution in [1.82, 2.24) is 20.4 Å². The SMILES string of the molecule is COc1ccc(-c2nnc(C)o2)cc1OCC[C@@H]1CN(C(=O)O)CCN1. The molecule has 2 heterocycles. The molecule has 1 aromatic carbocycles. The molecule has 0 aliphatic carbocycles. The fourth-order valence-electron chi connectivity index (χ4n) is 2.84. The largest absolute Gasteiger partial charge is 0.493 e. The van der Waals surface area contributed by atoms with Crippen molar-refractivity contribution in [2.75, 3.05) is 33.4 Å². The van der Waals surface area contributed by atoms with Gasteiger partial charge >= 0.3 is 6.09 Å². The molecule has 1 aromatic heterocycles. The number of benzene rings is 1. The van der Waals surface area contributed by atoms with Crippen molar-refractivity contribution < 1.29 is 23.8 Å². The number of ether oxygens (including phenoxy) is 2. The van der Waals surface area contributed by atoms with Crippen LogP contribution in [0.2, 0.25) is 0 Å². The molecule has 1 aliphatic heterocycles. The van der Waals surface area contributed by atoms with Gasteiger partial charge in [0.05, 0.1) is 13.7 Å². The first-order chi connectivity index (χ1) is 12.6. The fraction of sp³-hybridized carbons (Fsp3) is 0.471. The summed E-state index contributed by atoms with van der Waals surface area (Å²) in [6.45, 7) is 3.76. The van der Waals surface area contributed by atoms with E-state index in [-0.39, 0.29) is 6.04 Å². The average Bonchev–Trinajstić information content (AvgIpc) is 3.08. The molecule has 26 heavy (non-hydrogen) atoms. The predicted molar refractivity (Wildman–Crippen MR) is 92.5 cm³/mol. The maximum absolute atomic E-state index is 11.1. The molecule has 1 aliphatic rings. The van der Waals surface area contributed by atoms with Crippen LogP contribution in [0.25, 0.3) is 11.5 Å². The minimum Gasteiger partial charge on any atom is -0.493 e. The van der Waals surface area contributed by atoms with E-state index in [1.807, 2.05) is 6.07 Å². The van der Waals surface area contributed by atoms with E-state index in [9.17, 15) is 4.79 Å². The molecule has 1 amide bonds. The summed E-state index contributed by atoms with van der Waals surface area (Å²) >= 11 is 0. The van der Waals surface area contributed by atoms with E-state index in [1.165, 1.54) is 4.90 Å². The molecule has 0 spiro atoms. The zero-order chi connectivity index (χ0) is 18.5. The number of nitrogens with one attached hydrogen (secondary N) is 1. The van der Waals surface area contributed by atoms with E-state index < -0.39 is 6.09 Å².